The third-order valence-electron chi connectivity index (χ3n) is 3.86. The fourth-order valence-corrected chi connectivity index (χ4v) is 3.17. The smallest absolute Gasteiger partial charge is 0.0488 e. The number of halogens is 1. The highest BCUT2D eigenvalue weighted by Crippen LogP contribution is 2.35. The van der Waals surface area contributed by atoms with E-state index in [1.54, 1.807) is 0 Å². The van der Waals surface area contributed by atoms with Gasteiger partial charge in [-0.05, 0) is 42.9 Å². The van der Waals surface area contributed by atoms with E-state index in [1.807, 2.05) is 0 Å². The Morgan fingerprint density at radius 2 is 2.00 bits per heavy atom. The average Bonchev–Trinajstić information content (AvgIpc) is 2.36. The van der Waals surface area contributed by atoms with Crippen molar-refractivity contribution in [2.45, 2.75) is 45.1 Å². The molecule has 0 saturated heterocycles. The molecule has 0 aromatic heterocycles. The lowest BCUT2D eigenvalue weighted by molar-refractivity contribution is 0.273. The Bertz CT molecular complexity index is 372. The molecule has 2 nitrogen and oxygen atoms in total. The van der Waals surface area contributed by atoms with Gasteiger partial charge in [-0.15, -0.1) is 0 Å². The summed E-state index contributed by atoms with van der Waals surface area (Å²) in [5.74, 6) is 6.44. The number of hydrogen-bond donors (Lipinski definition) is 2. The van der Waals surface area contributed by atoms with E-state index in [0.29, 0.717) is 12.0 Å². The summed E-state index contributed by atoms with van der Waals surface area (Å²) in [6.07, 6.45) is 6.65. The first-order valence-corrected chi connectivity index (χ1v) is 7.24. The molecule has 0 amide bonds. The average molecular weight is 297 g/mol. The summed E-state index contributed by atoms with van der Waals surface area (Å²) >= 11 is 3.60. The van der Waals surface area contributed by atoms with E-state index in [4.69, 9.17) is 5.84 Å². The molecule has 94 valence electrons. The number of hydrazine groups is 1. The van der Waals surface area contributed by atoms with Crippen LogP contribution in [0.15, 0.2) is 22.7 Å². The van der Waals surface area contributed by atoms with Crippen LogP contribution in [0.1, 0.15) is 49.3 Å². The van der Waals surface area contributed by atoms with Crippen molar-refractivity contribution in [1.29, 1.82) is 0 Å². The molecule has 0 radical (unpaired) electrons. The van der Waals surface area contributed by atoms with Gasteiger partial charge in [-0.1, -0.05) is 47.3 Å². The fourth-order valence-electron chi connectivity index (χ4n) is 2.77. The molecule has 0 bridgehead atoms. The molecule has 3 N–H and O–H groups in total. The maximum atomic E-state index is 5.76. The molecule has 0 aliphatic heterocycles. The molecule has 2 rings (SSSR count). The number of rotatable bonds is 3. The van der Waals surface area contributed by atoms with Crippen LogP contribution in [0.4, 0.5) is 0 Å². The molecule has 3 heteroatoms. The van der Waals surface area contributed by atoms with Crippen LogP contribution in [-0.4, -0.2) is 0 Å². The Hall–Kier alpha value is -0.380. The van der Waals surface area contributed by atoms with Crippen molar-refractivity contribution in [3.63, 3.8) is 0 Å². The predicted octanol–water partition coefficient (Wildman–Crippen LogP) is 3.84. The summed E-state index contributed by atoms with van der Waals surface area (Å²) in [6.45, 7) is 2.11. The first-order valence-electron chi connectivity index (χ1n) is 6.44. The fraction of sp³-hybridized carbons (Fsp3) is 0.571. The normalized spacial score (nSPS) is 19.2. The topological polar surface area (TPSA) is 38.0 Å². The quantitative estimate of drug-likeness (QED) is 0.657. The van der Waals surface area contributed by atoms with Crippen LogP contribution in [0.5, 0.6) is 0 Å². The van der Waals surface area contributed by atoms with Gasteiger partial charge >= 0.3 is 0 Å². The second-order valence-electron chi connectivity index (χ2n) is 5.05. The van der Waals surface area contributed by atoms with Gasteiger partial charge in [-0.3, -0.25) is 11.3 Å². The van der Waals surface area contributed by atoms with Gasteiger partial charge in [0.05, 0.1) is 0 Å². The number of hydrogen-bond acceptors (Lipinski definition) is 2. The lowest BCUT2D eigenvalue weighted by atomic mass is 9.81. The third-order valence-corrected chi connectivity index (χ3v) is 4.71. The van der Waals surface area contributed by atoms with E-state index in [9.17, 15) is 0 Å². The molecule has 0 spiro atoms. The van der Waals surface area contributed by atoms with Crippen molar-refractivity contribution in [1.82, 2.24) is 5.43 Å². The van der Waals surface area contributed by atoms with Crippen LogP contribution in [0.25, 0.3) is 0 Å². The predicted molar refractivity (Wildman–Crippen MR) is 75.5 cm³/mol. The lowest BCUT2D eigenvalue weighted by Gasteiger charge is -2.30. The zero-order valence-corrected chi connectivity index (χ0v) is 12.0. The van der Waals surface area contributed by atoms with Crippen molar-refractivity contribution in [2.75, 3.05) is 0 Å². The van der Waals surface area contributed by atoms with Crippen molar-refractivity contribution >= 4 is 15.9 Å². The lowest BCUT2D eigenvalue weighted by Crippen LogP contribution is -2.34. The molecule has 1 unspecified atom stereocenters. The Morgan fingerprint density at radius 1 is 1.29 bits per heavy atom. The Balaban J connectivity index is 2.18. The summed E-state index contributed by atoms with van der Waals surface area (Å²) in [6, 6.07) is 6.85. The van der Waals surface area contributed by atoms with E-state index in [-0.39, 0.29) is 0 Å². The molecule has 1 aromatic rings. The van der Waals surface area contributed by atoms with Crippen LogP contribution in [-0.2, 0) is 0 Å². The molecular formula is C14H21BrN2. The molecule has 0 heterocycles. The highest BCUT2D eigenvalue weighted by atomic mass is 79.9. The molecule has 1 atom stereocenters. The van der Waals surface area contributed by atoms with Gasteiger partial charge in [-0.2, -0.15) is 0 Å². The van der Waals surface area contributed by atoms with E-state index in [0.717, 1.165) is 0 Å². The zero-order valence-electron chi connectivity index (χ0n) is 10.4. The first-order chi connectivity index (χ1) is 8.22. The van der Waals surface area contributed by atoms with Gasteiger partial charge < -0.3 is 0 Å². The van der Waals surface area contributed by atoms with E-state index in [2.05, 4.69) is 46.5 Å². The van der Waals surface area contributed by atoms with E-state index >= 15 is 0 Å². The van der Waals surface area contributed by atoms with Crippen LogP contribution in [0.3, 0.4) is 0 Å². The van der Waals surface area contributed by atoms with E-state index in [1.165, 1.54) is 47.7 Å². The molecular weight excluding hydrogens is 276 g/mol. The van der Waals surface area contributed by atoms with Crippen LogP contribution in [0, 0.1) is 12.8 Å². The number of aryl methyl sites for hydroxylation is 1. The number of nitrogens with two attached hydrogens (primary N) is 1. The molecule has 1 fully saturated rings. The largest absolute Gasteiger partial charge is 0.271 e. The maximum absolute atomic E-state index is 5.76. The minimum atomic E-state index is 0.298. The third kappa shape index (κ3) is 3.09. The summed E-state index contributed by atoms with van der Waals surface area (Å²) in [7, 11) is 0. The van der Waals surface area contributed by atoms with Crippen molar-refractivity contribution in [3.8, 4) is 0 Å². The minimum Gasteiger partial charge on any atom is -0.271 e. The Labute approximate surface area is 112 Å². The zero-order chi connectivity index (χ0) is 12.3. The monoisotopic (exact) mass is 296 g/mol. The van der Waals surface area contributed by atoms with Gasteiger partial charge in [0, 0.05) is 10.5 Å². The van der Waals surface area contributed by atoms with Gasteiger partial charge in [0.25, 0.3) is 0 Å². The summed E-state index contributed by atoms with van der Waals surface area (Å²) in [5.41, 5.74) is 5.59. The highest BCUT2D eigenvalue weighted by Gasteiger charge is 2.24. The highest BCUT2D eigenvalue weighted by molar-refractivity contribution is 9.10. The second kappa shape index (κ2) is 5.98. The van der Waals surface area contributed by atoms with Crippen molar-refractivity contribution < 1.29 is 0 Å². The summed E-state index contributed by atoms with van der Waals surface area (Å²) in [4.78, 5) is 0. The Morgan fingerprint density at radius 3 is 2.59 bits per heavy atom. The standard InChI is InChI=1S/C14H21BrN2/c1-10-7-8-12(9-13(10)15)14(17-16)11-5-3-2-4-6-11/h7-9,11,14,17H,2-6,16H2,1H3. The van der Waals surface area contributed by atoms with Crippen molar-refractivity contribution in [2.24, 2.45) is 11.8 Å². The van der Waals surface area contributed by atoms with Crippen LogP contribution in [0.2, 0.25) is 0 Å². The van der Waals surface area contributed by atoms with E-state index < -0.39 is 0 Å². The summed E-state index contributed by atoms with van der Waals surface area (Å²) < 4.78 is 1.17. The van der Waals surface area contributed by atoms with Crippen molar-refractivity contribution in [3.05, 3.63) is 33.8 Å². The SMILES string of the molecule is Cc1ccc(C(NN)C2CCCCC2)cc1Br. The molecule has 1 saturated carbocycles. The molecule has 1 aliphatic rings. The van der Waals surface area contributed by atoms with Gasteiger partial charge in [0.15, 0.2) is 0 Å². The maximum Gasteiger partial charge on any atom is 0.0488 e. The van der Waals surface area contributed by atoms with Crippen LogP contribution >= 0.6 is 15.9 Å². The first kappa shape index (κ1) is 13.1. The molecule has 1 aliphatic carbocycles. The second-order valence-corrected chi connectivity index (χ2v) is 5.91. The molecule has 17 heavy (non-hydrogen) atoms. The minimum absolute atomic E-state index is 0.298. The number of nitrogens with one attached hydrogen (secondary N) is 1. The number of benzene rings is 1. The molecule has 1 aromatic carbocycles. The van der Waals surface area contributed by atoms with Crippen LogP contribution < -0.4 is 11.3 Å². The van der Waals surface area contributed by atoms with Gasteiger partial charge in [-0.25, -0.2) is 0 Å². The van der Waals surface area contributed by atoms with Gasteiger partial charge in [0.1, 0.15) is 0 Å². The van der Waals surface area contributed by atoms with Gasteiger partial charge in [0.2, 0.25) is 0 Å². The Kier molecular flexibility index (Phi) is 4.60. The summed E-state index contributed by atoms with van der Waals surface area (Å²) in [5, 5.41) is 0.